The smallest absolute Gasteiger partial charge is 0.336 e. The number of amides is 1. The van der Waals surface area contributed by atoms with Crippen molar-refractivity contribution in [1.82, 2.24) is 19.6 Å². The molecule has 2 rings (SSSR count). The summed E-state index contributed by atoms with van der Waals surface area (Å²) < 4.78 is 38.9. The molecule has 20 heavy (non-hydrogen) atoms. The molecule has 1 saturated heterocycles. The summed E-state index contributed by atoms with van der Waals surface area (Å²) in [5.74, 6) is -0.211. The van der Waals surface area contributed by atoms with Crippen LogP contribution in [0.25, 0.3) is 0 Å². The number of halogens is 4. The lowest BCUT2D eigenvalue weighted by Gasteiger charge is -2.34. The van der Waals surface area contributed by atoms with Gasteiger partial charge in [0.1, 0.15) is 4.60 Å². The second-order valence-electron chi connectivity index (χ2n) is 4.66. The summed E-state index contributed by atoms with van der Waals surface area (Å²) in [6, 6.07) is 0. The average molecular weight is 355 g/mol. The van der Waals surface area contributed by atoms with Crippen molar-refractivity contribution in [3.8, 4) is 0 Å². The highest BCUT2D eigenvalue weighted by atomic mass is 79.9. The number of piperazine rings is 1. The molecule has 1 aromatic heterocycles. The molecule has 1 aliphatic heterocycles. The van der Waals surface area contributed by atoms with Crippen molar-refractivity contribution in [2.45, 2.75) is 6.18 Å². The fraction of sp³-hybridized carbons (Fsp3) is 0.636. The fourth-order valence-corrected chi connectivity index (χ4v) is 2.46. The van der Waals surface area contributed by atoms with E-state index in [1.54, 1.807) is 11.9 Å². The van der Waals surface area contributed by atoms with Crippen LogP contribution in [0.4, 0.5) is 13.2 Å². The number of carbonyl (C=O) groups excluding carboxylic acids is 1. The van der Waals surface area contributed by atoms with E-state index in [2.05, 4.69) is 21.0 Å². The lowest BCUT2D eigenvalue weighted by Crippen LogP contribution is -2.50. The highest BCUT2D eigenvalue weighted by Crippen LogP contribution is 2.20. The van der Waals surface area contributed by atoms with Gasteiger partial charge in [-0.25, -0.2) is 0 Å². The molecular weight excluding hydrogens is 341 g/mol. The molecule has 0 saturated carbocycles. The van der Waals surface area contributed by atoms with Crippen molar-refractivity contribution in [2.24, 2.45) is 7.05 Å². The number of aromatic nitrogens is 2. The van der Waals surface area contributed by atoms with Gasteiger partial charge in [0.2, 0.25) is 0 Å². The summed E-state index contributed by atoms with van der Waals surface area (Å²) in [7, 11) is 1.70. The number of aryl methyl sites for hydroxylation is 1. The predicted molar refractivity (Wildman–Crippen MR) is 69.3 cm³/mol. The molecule has 0 radical (unpaired) electrons. The van der Waals surface area contributed by atoms with Crippen molar-refractivity contribution < 1.29 is 18.0 Å². The third-order valence-corrected chi connectivity index (χ3v) is 4.10. The molecule has 1 fully saturated rings. The van der Waals surface area contributed by atoms with E-state index in [1.807, 2.05) is 0 Å². The van der Waals surface area contributed by atoms with Crippen LogP contribution in [0.15, 0.2) is 10.8 Å². The van der Waals surface area contributed by atoms with Gasteiger partial charge in [-0.1, -0.05) is 0 Å². The SMILES string of the molecule is Cn1ncc(C(=O)N2CCN(CC(F)(F)F)CC2)c1Br. The van der Waals surface area contributed by atoms with Gasteiger partial charge in [-0.2, -0.15) is 18.3 Å². The molecule has 0 aliphatic carbocycles. The minimum atomic E-state index is -4.20. The first-order valence-corrected chi connectivity index (χ1v) is 6.83. The molecule has 0 atom stereocenters. The second kappa shape index (κ2) is 5.72. The molecule has 1 amide bonds. The van der Waals surface area contributed by atoms with Crippen molar-refractivity contribution in [3.05, 3.63) is 16.4 Å². The largest absolute Gasteiger partial charge is 0.401 e. The van der Waals surface area contributed by atoms with Crippen LogP contribution in [0.5, 0.6) is 0 Å². The number of hydrogen-bond donors (Lipinski definition) is 0. The minimum Gasteiger partial charge on any atom is -0.336 e. The van der Waals surface area contributed by atoms with Crippen molar-refractivity contribution >= 4 is 21.8 Å². The molecule has 0 unspecified atom stereocenters. The van der Waals surface area contributed by atoms with Gasteiger partial charge in [-0.15, -0.1) is 0 Å². The molecular formula is C11H14BrF3N4O. The first-order valence-electron chi connectivity index (χ1n) is 6.04. The molecule has 0 bridgehead atoms. The van der Waals surface area contributed by atoms with Crippen LogP contribution in [0.1, 0.15) is 10.4 Å². The molecule has 112 valence electrons. The summed E-state index contributed by atoms with van der Waals surface area (Å²) in [4.78, 5) is 15.1. The van der Waals surface area contributed by atoms with Crippen LogP contribution < -0.4 is 0 Å². The van der Waals surface area contributed by atoms with Crippen LogP contribution in [0, 0.1) is 0 Å². The highest BCUT2D eigenvalue weighted by Gasteiger charge is 2.33. The number of carbonyl (C=O) groups is 1. The van der Waals surface area contributed by atoms with Crippen LogP contribution in [-0.2, 0) is 7.05 Å². The Hall–Kier alpha value is -1.09. The highest BCUT2D eigenvalue weighted by molar-refractivity contribution is 9.10. The molecule has 0 N–H and O–H groups in total. The average Bonchev–Trinajstić information content (AvgIpc) is 2.68. The van der Waals surface area contributed by atoms with E-state index in [1.165, 1.54) is 15.8 Å². The summed E-state index contributed by atoms with van der Waals surface area (Å²) in [5, 5.41) is 3.96. The zero-order valence-corrected chi connectivity index (χ0v) is 12.4. The van der Waals surface area contributed by atoms with Gasteiger partial charge in [0.05, 0.1) is 18.3 Å². The fourth-order valence-electron chi connectivity index (χ4n) is 2.10. The first-order chi connectivity index (χ1) is 9.28. The Bertz CT molecular complexity index is 494. The van der Waals surface area contributed by atoms with Crippen LogP contribution in [0.2, 0.25) is 0 Å². The van der Waals surface area contributed by atoms with Crippen LogP contribution >= 0.6 is 15.9 Å². The van der Waals surface area contributed by atoms with Gasteiger partial charge in [-0.05, 0) is 15.9 Å². The Morgan fingerprint density at radius 3 is 2.40 bits per heavy atom. The maximum absolute atomic E-state index is 12.3. The molecule has 5 nitrogen and oxygen atoms in total. The van der Waals surface area contributed by atoms with Crippen molar-refractivity contribution in [2.75, 3.05) is 32.7 Å². The van der Waals surface area contributed by atoms with E-state index in [4.69, 9.17) is 0 Å². The van der Waals surface area contributed by atoms with Gasteiger partial charge in [0.15, 0.2) is 0 Å². The summed E-state index contributed by atoms with van der Waals surface area (Å²) in [5.41, 5.74) is 0.428. The summed E-state index contributed by atoms with van der Waals surface area (Å²) in [6.07, 6.45) is -2.74. The van der Waals surface area contributed by atoms with E-state index in [0.29, 0.717) is 10.2 Å². The van der Waals surface area contributed by atoms with E-state index in [9.17, 15) is 18.0 Å². The van der Waals surface area contributed by atoms with Gasteiger partial charge < -0.3 is 4.90 Å². The third-order valence-electron chi connectivity index (χ3n) is 3.16. The quantitative estimate of drug-likeness (QED) is 0.808. The Labute approximate surface area is 122 Å². The van der Waals surface area contributed by atoms with Gasteiger partial charge in [-0.3, -0.25) is 14.4 Å². The molecule has 9 heteroatoms. The number of alkyl halides is 3. The molecule has 0 aromatic carbocycles. The van der Waals surface area contributed by atoms with E-state index in [-0.39, 0.29) is 32.1 Å². The predicted octanol–water partition coefficient (Wildman–Crippen LogP) is 1.50. The van der Waals surface area contributed by atoms with Gasteiger partial charge >= 0.3 is 6.18 Å². The molecule has 1 aliphatic rings. The second-order valence-corrected chi connectivity index (χ2v) is 5.41. The maximum Gasteiger partial charge on any atom is 0.401 e. The standard InChI is InChI=1S/C11H14BrF3N4O/c1-17-9(12)8(6-16-17)10(20)19-4-2-18(3-5-19)7-11(13,14)15/h6H,2-5,7H2,1H3. The Balaban J connectivity index is 1.94. The molecule has 1 aromatic rings. The Morgan fingerprint density at radius 1 is 1.35 bits per heavy atom. The Morgan fingerprint density at radius 2 is 1.95 bits per heavy atom. The monoisotopic (exact) mass is 354 g/mol. The van der Waals surface area contributed by atoms with Crippen molar-refractivity contribution in [3.63, 3.8) is 0 Å². The lowest BCUT2D eigenvalue weighted by atomic mass is 10.2. The molecule has 2 heterocycles. The number of nitrogens with zero attached hydrogens (tertiary/aromatic N) is 4. The zero-order chi connectivity index (χ0) is 14.9. The van der Waals surface area contributed by atoms with Crippen LogP contribution in [-0.4, -0.2) is 64.4 Å². The van der Waals surface area contributed by atoms with Gasteiger partial charge in [0, 0.05) is 33.2 Å². The van der Waals surface area contributed by atoms with E-state index in [0.717, 1.165) is 0 Å². The molecule has 0 spiro atoms. The normalized spacial score (nSPS) is 17.6. The lowest BCUT2D eigenvalue weighted by molar-refractivity contribution is -0.148. The topological polar surface area (TPSA) is 41.4 Å². The van der Waals surface area contributed by atoms with E-state index < -0.39 is 12.7 Å². The summed E-state index contributed by atoms with van der Waals surface area (Å²) >= 11 is 3.26. The number of hydrogen-bond acceptors (Lipinski definition) is 3. The third kappa shape index (κ3) is 3.51. The minimum absolute atomic E-state index is 0.211. The summed E-state index contributed by atoms with van der Waals surface area (Å²) in [6.45, 7) is 0.102. The number of rotatable bonds is 2. The Kier molecular flexibility index (Phi) is 4.38. The van der Waals surface area contributed by atoms with Crippen molar-refractivity contribution in [1.29, 1.82) is 0 Å². The van der Waals surface area contributed by atoms with Crippen LogP contribution in [0.3, 0.4) is 0 Å². The first kappa shape index (κ1) is 15.3. The zero-order valence-electron chi connectivity index (χ0n) is 10.8. The van der Waals surface area contributed by atoms with Gasteiger partial charge in [0.25, 0.3) is 5.91 Å². The van der Waals surface area contributed by atoms with E-state index >= 15 is 0 Å². The maximum atomic E-state index is 12.3.